The first-order valence-electron chi connectivity index (χ1n) is 6.44. The lowest BCUT2D eigenvalue weighted by atomic mass is 10.2. The quantitative estimate of drug-likeness (QED) is 0.775. The molecule has 0 radical (unpaired) electrons. The second-order valence-corrected chi connectivity index (χ2v) is 4.69. The van der Waals surface area contributed by atoms with Crippen LogP contribution in [0.2, 0.25) is 5.02 Å². The van der Waals surface area contributed by atoms with Crippen molar-refractivity contribution in [1.82, 2.24) is 0 Å². The first-order chi connectivity index (χ1) is 10.1. The van der Waals surface area contributed by atoms with Gasteiger partial charge in [0.25, 0.3) is 0 Å². The van der Waals surface area contributed by atoms with E-state index in [-0.39, 0.29) is 17.6 Å². The van der Waals surface area contributed by atoms with Crippen molar-refractivity contribution in [2.75, 3.05) is 6.61 Å². The molecule has 0 aliphatic heterocycles. The van der Waals surface area contributed by atoms with E-state index in [1.54, 1.807) is 37.3 Å². The van der Waals surface area contributed by atoms with Crippen LogP contribution in [0, 0.1) is 5.82 Å². The second-order valence-electron chi connectivity index (χ2n) is 4.28. The molecular formula is C16H14ClFO3. The van der Waals surface area contributed by atoms with Gasteiger partial charge >= 0.3 is 5.97 Å². The Bertz CT molecular complexity index is 626. The molecule has 0 bridgehead atoms. The van der Waals surface area contributed by atoms with Crippen molar-refractivity contribution in [2.45, 2.75) is 13.5 Å². The Kier molecular flexibility index (Phi) is 5.17. The average Bonchev–Trinajstić information content (AvgIpc) is 2.49. The van der Waals surface area contributed by atoms with Crippen LogP contribution in [0.15, 0.2) is 42.5 Å². The van der Waals surface area contributed by atoms with Crippen LogP contribution in [0.5, 0.6) is 5.75 Å². The number of halogens is 2. The highest BCUT2D eigenvalue weighted by Gasteiger charge is 2.06. The van der Waals surface area contributed by atoms with Crippen LogP contribution in [0.4, 0.5) is 4.39 Å². The lowest BCUT2D eigenvalue weighted by Crippen LogP contribution is -2.04. The van der Waals surface area contributed by atoms with E-state index in [2.05, 4.69) is 0 Å². The van der Waals surface area contributed by atoms with Gasteiger partial charge in [0.1, 0.15) is 18.2 Å². The van der Waals surface area contributed by atoms with Gasteiger partial charge in [-0.05, 0) is 48.9 Å². The van der Waals surface area contributed by atoms with Gasteiger partial charge in [-0.25, -0.2) is 9.18 Å². The number of esters is 1. The molecule has 110 valence electrons. The summed E-state index contributed by atoms with van der Waals surface area (Å²) in [5, 5.41) is 0.0811. The third kappa shape index (κ3) is 4.20. The predicted molar refractivity (Wildman–Crippen MR) is 78.1 cm³/mol. The highest BCUT2D eigenvalue weighted by atomic mass is 35.5. The smallest absolute Gasteiger partial charge is 0.338 e. The molecule has 0 unspecified atom stereocenters. The van der Waals surface area contributed by atoms with E-state index in [1.807, 2.05) is 0 Å². The second kappa shape index (κ2) is 7.09. The van der Waals surface area contributed by atoms with Gasteiger partial charge in [0.2, 0.25) is 0 Å². The van der Waals surface area contributed by atoms with Crippen molar-refractivity contribution in [3.05, 3.63) is 64.4 Å². The van der Waals surface area contributed by atoms with Crippen LogP contribution in [-0.4, -0.2) is 12.6 Å². The van der Waals surface area contributed by atoms with Crippen LogP contribution in [-0.2, 0) is 11.3 Å². The molecule has 2 rings (SSSR count). The first kappa shape index (κ1) is 15.3. The summed E-state index contributed by atoms with van der Waals surface area (Å²) >= 11 is 5.61. The minimum atomic E-state index is -0.476. The summed E-state index contributed by atoms with van der Waals surface area (Å²) in [6.07, 6.45) is 0. The van der Waals surface area contributed by atoms with E-state index in [1.165, 1.54) is 12.1 Å². The summed E-state index contributed by atoms with van der Waals surface area (Å²) < 4.78 is 23.7. The summed E-state index contributed by atoms with van der Waals surface area (Å²) in [5.74, 6) is -0.266. The zero-order chi connectivity index (χ0) is 15.2. The lowest BCUT2D eigenvalue weighted by molar-refractivity contribution is 0.0526. The van der Waals surface area contributed by atoms with Gasteiger partial charge in [0, 0.05) is 0 Å². The third-order valence-electron chi connectivity index (χ3n) is 2.75. The van der Waals surface area contributed by atoms with Crippen molar-refractivity contribution in [1.29, 1.82) is 0 Å². The average molecular weight is 309 g/mol. The zero-order valence-corrected chi connectivity index (χ0v) is 12.2. The molecule has 0 fully saturated rings. The normalized spacial score (nSPS) is 10.2. The molecule has 0 saturated carbocycles. The van der Waals surface area contributed by atoms with Gasteiger partial charge in [-0.3, -0.25) is 0 Å². The molecule has 5 heteroatoms. The van der Waals surface area contributed by atoms with Crippen molar-refractivity contribution < 1.29 is 18.7 Å². The Labute approximate surface area is 127 Å². The summed E-state index contributed by atoms with van der Waals surface area (Å²) in [4.78, 5) is 11.5. The van der Waals surface area contributed by atoms with Crippen molar-refractivity contribution in [3.8, 4) is 5.75 Å². The third-order valence-corrected chi connectivity index (χ3v) is 3.06. The maximum atomic E-state index is 13.3. The van der Waals surface area contributed by atoms with Crippen LogP contribution < -0.4 is 4.74 Å². The van der Waals surface area contributed by atoms with E-state index in [9.17, 15) is 9.18 Å². The topological polar surface area (TPSA) is 35.5 Å². The van der Waals surface area contributed by atoms with Gasteiger partial charge in [-0.2, -0.15) is 0 Å². The van der Waals surface area contributed by atoms with Crippen LogP contribution in [0.1, 0.15) is 22.8 Å². The van der Waals surface area contributed by atoms with Crippen molar-refractivity contribution in [3.63, 3.8) is 0 Å². The maximum Gasteiger partial charge on any atom is 0.338 e. The number of benzene rings is 2. The number of ether oxygens (including phenoxy) is 2. The van der Waals surface area contributed by atoms with Crippen molar-refractivity contribution in [2.24, 2.45) is 0 Å². The Morgan fingerprint density at radius 1 is 1.19 bits per heavy atom. The number of hydrogen-bond donors (Lipinski definition) is 0. The van der Waals surface area contributed by atoms with E-state index < -0.39 is 5.82 Å². The highest BCUT2D eigenvalue weighted by molar-refractivity contribution is 6.30. The van der Waals surface area contributed by atoms with Gasteiger partial charge in [0.05, 0.1) is 17.2 Å². The monoisotopic (exact) mass is 308 g/mol. The van der Waals surface area contributed by atoms with Crippen molar-refractivity contribution >= 4 is 17.6 Å². The first-order valence-corrected chi connectivity index (χ1v) is 6.82. The number of carbonyl (C=O) groups excluding carboxylic acids is 1. The van der Waals surface area contributed by atoms with Gasteiger partial charge in [-0.1, -0.05) is 17.7 Å². The molecular weight excluding hydrogens is 295 g/mol. The number of rotatable bonds is 5. The molecule has 2 aromatic carbocycles. The number of carbonyl (C=O) groups is 1. The molecule has 0 heterocycles. The summed E-state index contributed by atoms with van der Waals surface area (Å²) in [7, 11) is 0. The maximum absolute atomic E-state index is 13.3. The molecule has 0 aliphatic rings. The van der Waals surface area contributed by atoms with E-state index in [4.69, 9.17) is 21.1 Å². The van der Waals surface area contributed by atoms with E-state index in [0.29, 0.717) is 23.5 Å². The molecule has 0 amide bonds. The molecule has 0 saturated heterocycles. The SMILES string of the molecule is CCOC(=O)c1ccc(OCc2ccc(Cl)c(F)c2)cc1. The molecule has 0 atom stereocenters. The van der Waals surface area contributed by atoms with Crippen LogP contribution in [0.3, 0.4) is 0 Å². The van der Waals surface area contributed by atoms with Gasteiger partial charge in [0.15, 0.2) is 0 Å². The number of hydrogen-bond acceptors (Lipinski definition) is 3. The van der Waals surface area contributed by atoms with Crippen LogP contribution in [0.25, 0.3) is 0 Å². The molecule has 21 heavy (non-hydrogen) atoms. The van der Waals surface area contributed by atoms with Gasteiger partial charge in [-0.15, -0.1) is 0 Å². The minimum absolute atomic E-state index is 0.0811. The molecule has 0 aromatic heterocycles. The molecule has 2 aromatic rings. The van der Waals surface area contributed by atoms with E-state index >= 15 is 0 Å². The predicted octanol–water partition coefficient (Wildman–Crippen LogP) is 4.23. The summed E-state index contributed by atoms with van der Waals surface area (Å²) in [6.45, 7) is 2.30. The Morgan fingerprint density at radius 3 is 2.52 bits per heavy atom. The summed E-state index contributed by atoms with van der Waals surface area (Å²) in [5.41, 5.74) is 1.13. The standard InChI is InChI=1S/C16H14ClFO3/c1-2-20-16(19)12-4-6-13(7-5-12)21-10-11-3-8-14(17)15(18)9-11/h3-9H,2,10H2,1H3. The molecule has 3 nitrogen and oxygen atoms in total. The largest absolute Gasteiger partial charge is 0.489 e. The van der Waals surface area contributed by atoms with Gasteiger partial charge < -0.3 is 9.47 Å². The summed E-state index contributed by atoms with van der Waals surface area (Å²) in [6, 6.07) is 11.1. The Hall–Kier alpha value is -2.07. The fraction of sp³-hybridized carbons (Fsp3) is 0.188. The minimum Gasteiger partial charge on any atom is -0.489 e. The Morgan fingerprint density at radius 2 is 1.90 bits per heavy atom. The molecule has 0 spiro atoms. The lowest BCUT2D eigenvalue weighted by Gasteiger charge is -2.08. The fourth-order valence-corrected chi connectivity index (χ4v) is 1.82. The van der Waals surface area contributed by atoms with E-state index in [0.717, 1.165) is 0 Å². The zero-order valence-electron chi connectivity index (χ0n) is 11.4. The molecule has 0 N–H and O–H groups in total. The highest BCUT2D eigenvalue weighted by Crippen LogP contribution is 2.18. The fourth-order valence-electron chi connectivity index (χ4n) is 1.70. The Balaban J connectivity index is 1.97. The van der Waals surface area contributed by atoms with Crippen LogP contribution >= 0.6 is 11.6 Å². The molecule has 0 aliphatic carbocycles.